The van der Waals surface area contributed by atoms with Gasteiger partial charge in [-0.1, -0.05) is 30.3 Å². The van der Waals surface area contributed by atoms with Gasteiger partial charge in [0, 0.05) is 18.7 Å². The summed E-state index contributed by atoms with van der Waals surface area (Å²) in [5.74, 6) is -0.405. The van der Waals surface area contributed by atoms with Crippen molar-refractivity contribution in [1.82, 2.24) is 19.9 Å². The number of ether oxygens (including phenoxy) is 1. The van der Waals surface area contributed by atoms with E-state index >= 15 is 0 Å². The molecule has 2 heterocycles. The maximum atomic E-state index is 13.6. The molecule has 1 N–H and O–H groups in total. The number of nitrogens with zero attached hydrogens (tertiary/aromatic N) is 3. The first-order valence-electron chi connectivity index (χ1n) is 9.09. The van der Waals surface area contributed by atoms with Crippen molar-refractivity contribution in [2.75, 3.05) is 13.2 Å². The Morgan fingerprint density at radius 1 is 1.25 bits per heavy atom. The van der Waals surface area contributed by atoms with Crippen LogP contribution in [0.3, 0.4) is 0 Å². The Hall–Kier alpha value is -2.87. The monoisotopic (exact) mass is 388 g/mol. The first-order chi connectivity index (χ1) is 13.5. The number of benzene rings is 1. The number of halogens is 2. The van der Waals surface area contributed by atoms with Crippen molar-refractivity contribution in [2.24, 2.45) is 0 Å². The molecule has 1 amide bonds. The van der Waals surface area contributed by atoms with Crippen LogP contribution in [-0.4, -0.2) is 39.8 Å². The van der Waals surface area contributed by atoms with E-state index in [1.807, 2.05) is 19.9 Å². The summed E-state index contributed by atoms with van der Waals surface area (Å²) in [6.45, 7) is 4.81. The summed E-state index contributed by atoms with van der Waals surface area (Å²) >= 11 is 0. The van der Waals surface area contributed by atoms with Gasteiger partial charge in [-0.2, -0.15) is 5.10 Å². The minimum absolute atomic E-state index is 0.104. The molecule has 0 aliphatic rings. The van der Waals surface area contributed by atoms with Gasteiger partial charge in [0.25, 0.3) is 12.3 Å². The van der Waals surface area contributed by atoms with E-state index in [1.165, 1.54) is 12.3 Å². The van der Waals surface area contributed by atoms with Crippen LogP contribution >= 0.6 is 0 Å². The molecule has 28 heavy (non-hydrogen) atoms. The smallest absolute Gasteiger partial charge is 0.280 e. The summed E-state index contributed by atoms with van der Waals surface area (Å²) in [6.07, 6.45) is -0.711. The summed E-state index contributed by atoms with van der Waals surface area (Å²) in [4.78, 5) is 16.9. The second kappa shape index (κ2) is 8.88. The molecule has 0 saturated heterocycles. The topological polar surface area (TPSA) is 68.5 Å². The Labute approximate surface area is 161 Å². The van der Waals surface area contributed by atoms with Crippen molar-refractivity contribution in [1.29, 1.82) is 0 Å². The summed E-state index contributed by atoms with van der Waals surface area (Å²) < 4.78 is 33.6. The fraction of sp³-hybridized carbons (Fsp3) is 0.350. The fourth-order valence-electron chi connectivity index (χ4n) is 2.75. The number of alkyl halides is 2. The molecule has 0 fully saturated rings. The Morgan fingerprint density at radius 2 is 2.00 bits per heavy atom. The third-order valence-corrected chi connectivity index (χ3v) is 4.09. The fourth-order valence-corrected chi connectivity index (χ4v) is 2.75. The molecule has 148 valence electrons. The summed E-state index contributed by atoms with van der Waals surface area (Å²) in [7, 11) is 0. The number of fused-ring (bicyclic) bond motifs is 1. The summed E-state index contributed by atoms with van der Waals surface area (Å²) in [5, 5.41) is 6.71. The molecular weight excluding hydrogens is 366 g/mol. The lowest BCUT2D eigenvalue weighted by Gasteiger charge is -2.09. The standard InChI is InChI=1S/C20H22F2N4O2/c1-13(2)28-10-6-9-23-20(27)15-12-24-26-17(18(21)22)11-16(25-19(15)26)14-7-4-3-5-8-14/h3-5,7-8,11-13,18H,6,9-10H2,1-2H3,(H,23,27). The molecule has 0 unspecified atom stereocenters. The van der Waals surface area contributed by atoms with Crippen LogP contribution in [0, 0.1) is 0 Å². The molecule has 0 bridgehead atoms. The van der Waals surface area contributed by atoms with Gasteiger partial charge >= 0.3 is 0 Å². The van der Waals surface area contributed by atoms with Crippen LogP contribution in [0.2, 0.25) is 0 Å². The van der Waals surface area contributed by atoms with Crippen molar-refractivity contribution < 1.29 is 18.3 Å². The van der Waals surface area contributed by atoms with Gasteiger partial charge in [0.05, 0.1) is 18.0 Å². The van der Waals surface area contributed by atoms with Gasteiger partial charge in [0.1, 0.15) is 11.3 Å². The highest BCUT2D eigenvalue weighted by atomic mass is 19.3. The van der Waals surface area contributed by atoms with Crippen molar-refractivity contribution >= 4 is 11.6 Å². The van der Waals surface area contributed by atoms with E-state index in [-0.39, 0.29) is 23.0 Å². The van der Waals surface area contributed by atoms with E-state index < -0.39 is 12.3 Å². The SMILES string of the molecule is CC(C)OCCCNC(=O)c1cnn2c(C(F)F)cc(-c3ccccc3)nc12. The van der Waals surface area contributed by atoms with Crippen LogP contribution in [0.15, 0.2) is 42.6 Å². The maximum absolute atomic E-state index is 13.6. The molecule has 1 aromatic carbocycles. The zero-order valence-electron chi connectivity index (χ0n) is 15.7. The highest BCUT2D eigenvalue weighted by Gasteiger charge is 2.21. The lowest BCUT2D eigenvalue weighted by molar-refractivity contribution is 0.0757. The van der Waals surface area contributed by atoms with Gasteiger partial charge in [0.2, 0.25) is 0 Å². The average Bonchev–Trinajstić information content (AvgIpc) is 3.11. The molecule has 6 nitrogen and oxygen atoms in total. The van der Waals surface area contributed by atoms with E-state index in [4.69, 9.17) is 4.74 Å². The second-order valence-electron chi connectivity index (χ2n) is 6.56. The Kier molecular flexibility index (Phi) is 6.30. The molecule has 0 saturated carbocycles. The number of rotatable bonds is 8. The molecule has 0 atom stereocenters. The molecule has 0 spiro atoms. The molecule has 2 aromatic heterocycles. The van der Waals surface area contributed by atoms with Gasteiger partial charge in [-0.15, -0.1) is 0 Å². The van der Waals surface area contributed by atoms with Crippen LogP contribution in [0.5, 0.6) is 0 Å². The largest absolute Gasteiger partial charge is 0.379 e. The number of amides is 1. The van der Waals surface area contributed by atoms with Gasteiger partial charge in [-0.25, -0.2) is 18.3 Å². The van der Waals surface area contributed by atoms with E-state index in [9.17, 15) is 13.6 Å². The van der Waals surface area contributed by atoms with Crippen LogP contribution in [-0.2, 0) is 4.74 Å². The first kappa shape index (κ1) is 19.9. The lowest BCUT2D eigenvalue weighted by Crippen LogP contribution is -2.25. The van der Waals surface area contributed by atoms with Crippen molar-refractivity contribution in [3.63, 3.8) is 0 Å². The van der Waals surface area contributed by atoms with E-state index in [2.05, 4.69) is 15.4 Å². The van der Waals surface area contributed by atoms with E-state index in [0.29, 0.717) is 30.8 Å². The first-order valence-corrected chi connectivity index (χ1v) is 9.09. The van der Waals surface area contributed by atoms with Crippen molar-refractivity contribution in [3.05, 3.63) is 53.9 Å². The quantitative estimate of drug-likeness (QED) is 0.595. The number of hydrogen-bond acceptors (Lipinski definition) is 4. The maximum Gasteiger partial charge on any atom is 0.280 e. The number of carbonyl (C=O) groups is 1. The number of carbonyl (C=O) groups excluding carboxylic acids is 1. The number of hydrogen-bond donors (Lipinski definition) is 1. The Morgan fingerprint density at radius 3 is 2.68 bits per heavy atom. The zero-order valence-corrected chi connectivity index (χ0v) is 15.7. The third kappa shape index (κ3) is 4.51. The normalized spacial score (nSPS) is 11.5. The molecule has 8 heteroatoms. The molecule has 3 aromatic rings. The highest BCUT2D eigenvalue weighted by Crippen LogP contribution is 2.26. The predicted octanol–water partition coefficient (Wildman–Crippen LogP) is 3.88. The highest BCUT2D eigenvalue weighted by molar-refractivity contribution is 5.99. The van der Waals surface area contributed by atoms with Gasteiger partial charge < -0.3 is 10.1 Å². The van der Waals surface area contributed by atoms with Gasteiger partial charge in [0.15, 0.2) is 5.65 Å². The molecular formula is C20H22F2N4O2. The van der Waals surface area contributed by atoms with Crippen LogP contribution in [0.1, 0.15) is 42.7 Å². The minimum Gasteiger partial charge on any atom is -0.379 e. The van der Waals surface area contributed by atoms with E-state index in [1.54, 1.807) is 24.3 Å². The lowest BCUT2D eigenvalue weighted by atomic mass is 10.1. The van der Waals surface area contributed by atoms with Crippen molar-refractivity contribution in [2.45, 2.75) is 32.8 Å². The third-order valence-electron chi connectivity index (χ3n) is 4.09. The van der Waals surface area contributed by atoms with Crippen LogP contribution in [0.25, 0.3) is 16.9 Å². The molecule has 0 aliphatic carbocycles. The Bertz CT molecular complexity index is 942. The summed E-state index contributed by atoms with van der Waals surface area (Å²) in [6, 6.07) is 10.3. The zero-order chi connectivity index (χ0) is 20.1. The van der Waals surface area contributed by atoms with Crippen molar-refractivity contribution in [3.8, 4) is 11.3 Å². The van der Waals surface area contributed by atoms with E-state index in [0.717, 1.165) is 4.52 Å². The molecule has 0 aliphatic heterocycles. The number of nitrogens with one attached hydrogen (secondary N) is 1. The predicted molar refractivity (Wildman–Crippen MR) is 101 cm³/mol. The van der Waals surface area contributed by atoms with Gasteiger partial charge in [-0.3, -0.25) is 4.79 Å². The second-order valence-corrected chi connectivity index (χ2v) is 6.56. The minimum atomic E-state index is -2.75. The summed E-state index contributed by atoms with van der Waals surface area (Å²) in [5.41, 5.74) is 0.999. The van der Waals surface area contributed by atoms with Crippen LogP contribution < -0.4 is 5.32 Å². The average molecular weight is 388 g/mol. The van der Waals surface area contributed by atoms with Crippen LogP contribution in [0.4, 0.5) is 8.78 Å². The number of aromatic nitrogens is 3. The van der Waals surface area contributed by atoms with Gasteiger partial charge in [-0.05, 0) is 26.3 Å². The molecule has 0 radical (unpaired) electrons. The molecule has 3 rings (SSSR count). The Balaban J connectivity index is 1.87.